The van der Waals surface area contributed by atoms with E-state index in [0.29, 0.717) is 31.7 Å². The molecule has 10 N–H and O–H groups in total. The third kappa shape index (κ3) is 11.4. The number of aromatic amines is 1. The summed E-state index contributed by atoms with van der Waals surface area (Å²) in [4.78, 5) is 72.6. The number of aliphatic hydroxyl groups excluding tert-OH is 3. The number of hydrogen-bond donors (Lipinski definition) is 10. The number of H-pyrrole nitrogens is 1. The molecule has 17 heteroatoms. The summed E-state index contributed by atoms with van der Waals surface area (Å²) in [5, 5.41) is 49.0. The lowest BCUT2D eigenvalue weighted by Crippen LogP contribution is -2.59. The monoisotopic (exact) mass is 760 g/mol. The molecule has 0 bridgehead atoms. The summed E-state index contributed by atoms with van der Waals surface area (Å²) in [7, 11) is 1.87. The van der Waals surface area contributed by atoms with Gasteiger partial charge < -0.3 is 52.2 Å². The van der Waals surface area contributed by atoms with Gasteiger partial charge in [0.1, 0.15) is 12.1 Å². The quantitative estimate of drug-likeness (QED) is 0.135. The Kier molecular flexibility index (Phi) is 15.5. The number of carbonyl (C=O) groups is 5. The molecule has 53 heavy (non-hydrogen) atoms. The number of para-hydroxylation sites is 1. The zero-order chi connectivity index (χ0) is 38.8. The van der Waals surface area contributed by atoms with Gasteiger partial charge in [-0.05, 0) is 37.9 Å². The van der Waals surface area contributed by atoms with Gasteiger partial charge in [0, 0.05) is 54.2 Å². The minimum absolute atomic E-state index is 0.0192. The molecule has 1 aromatic heterocycles. The SMILES string of the molecule is CCC(C)C1NC(=O)CNC(=O)C(NC(=O)C(NCC2CC(O)CN2C)C(C)C(O)CO)Cc2c([nH]c3ccccc23)SCC(C)NC(=O)CNC1=O. The van der Waals surface area contributed by atoms with Crippen LogP contribution >= 0.6 is 11.8 Å². The maximum atomic E-state index is 14.2. The highest BCUT2D eigenvalue weighted by Gasteiger charge is 2.36. The number of amides is 5. The number of likely N-dealkylation sites (tertiary alicyclic amines) is 1. The zero-order valence-corrected chi connectivity index (χ0v) is 31.9. The maximum absolute atomic E-state index is 14.2. The number of hydrogen-bond acceptors (Lipinski definition) is 11. The first-order valence-corrected chi connectivity index (χ1v) is 19.3. The van der Waals surface area contributed by atoms with E-state index in [1.165, 1.54) is 11.8 Å². The molecule has 0 spiro atoms. The summed E-state index contributed by atoms with van der Waals surface area (Å²) in [6.45, 7) is 6.56. The molecule has 9 unspecified atom stereocenters. The van der Waals surface area contributed by atoms with E-state index in [9.17, 15) is 39.3 Å². The number of likely N-dealkylation sites (N-methyl/N-ethyl adjacent to an activating group) is 1. The van der Waals surface area contributed by atoms with Gasteiger partial charge in [-0.2, -0.15) is 0 Å². The number of thioether (sulfide) groups is 1. The Morgan fingerprint density at radius 1 is 1.06 bits per heavy atom. The van der Waals surface area contributed by atoms with Crippen molar-refractivity contribution in [1.82, 2.24) is 41.8 Å². The number of aliphatic hydroxyl groups is 3. The van der Waals surface area contributed by atoms with Crippen LogP contribution in [-0.2, 0) is 30.4 Å². The van der Waals surface area contributed by atoms with Crippen LogP contribution in [0.4, 0.5) is 0 Å². The third-order valence-corrected chi connectivity index (χ3v) is 11.5. The van der Waals surface area contributed by atoms with Crippen LogP contribution in [0.25, 0.3) is 10.9 Å². The lowest BCUT2D eigenvalue weighted by atomic mass is 9.94. The lowest BCUT2D eigenvalue weighted by Gasteiger charge is -2.31. The number of benzene rings is 1. The second-order valence-corrected chi connectivity index (χ2v) is 15.4. The van der Waals surface area contributed by atoms with Gasteiger partial charge >= 0.3 is 0 Å². The Labute approximate surface area is 314 Å². The average molecular weight is 761 g/mol. The van der Waals surface area contributed by atoms with Crippen LogP contribution < -0.4 is 31.9 Å². The van der Waals surface area contributed by atoms with Crippen molar-refractivity contribution in [2.45, 2.75) is 94.4 Å². The molecule has 3 heterocycles. The minimum atomic E-state index is -1.25. The predicted octanol–water partition coefficient (Wildman–Crippen LogP) is -1.42. The van der Waals surface area contributed by atoms with Gasteiger partial charge in [0.15, 0.2) is 0 Å². The molecule has 1 saturated heterocycles. The van der Waals surface area contributed by atoms with Crippen molar-refractivity contribution in [3.05, 3.63) is 29.8 Å². The fourth-order valence-corrected chi connectivity index (χ4v) is 7.75. The Morgan fingerprint density at radius 3 is 2.40 bits per heavy atom. The van der Waals surface area contributed by atoms with Crippen LogP contribution in [0, 0.1) is 11.8 Å². The van der Waals surface area contributed by atoms with Gasteiger partial charge in [-0.3, -0.25) is 28.9 Å². The third-order valence-electron chi connectivity index (χ3n) is 10.2. The summed E-state index contributed by atoms with van der Waals surface area (Å²) >= 11 is 1.43. The van der Waals surface area contributed by atoms with Crippen LogP contribution in [0.3, 0.4) is 0 Å². The van der Waals surface area contributed by atoms with E-state index in [0.717, 1.165) is 21.5 Å². The Hall–Kier alpha value is -3.74. The van der Waals surface area contributed by atoms with Crippen molar-refractivity contribution in [3.8, 4) is 0 Å². The molecule has 1 fully saturated rings. The molecule has 16 nitrogen and oxygen atoms in total. The summed E-state index contributed by atoms with van der Waals surface area (Å²) in [6.07, 6.45) is -0.689. The molecule has 4 rings (SSSR count). The van der Waals surface area contributed by atoms with Crippen molar-refractivity contribution in [3.63, 3.8) is 0 Å². The summed E-state index contributed by atoms with van der Waals surface area (Å²) in [5.74, 6) is -3.39. The molecular formula is C36H56N8O8S. The van der Waals surface area contributed by atoms with Crippen molar-refractivity contribution >= 4 is 52.2 Å². The van der Waals surface area contributed by atoms with E-state index in [1.54, 1.807) is 13.8 Å². The molecular weight excluding hydrogens is 705 g/mol. The number of β-amino-alcohol motifs (C(OH)–C–C–N with tert-alkyl or cyclic N) is 1. The van der Waals surface area contributed by atoms with Crippen LogP contribution in [0.1, 0.15) is 46.1 Å². The predicted molar refractivity (Wildman–Crippen MR) is 201 cm³/mol. The molecule has 0 radical (unpaired) electrons. The van der Waals surface area contributed by atoms with Crippen LogP contribution in [0.2, 0.25) is 0 Å². The average Bonchev–Trinajstić information content (AvgIpc) is 3.66. The number of fused-ring (bicyclic) bond motifs is 3. The van der Waals surface area contributed by atoms with E-state index in [-0.39, 0.29) is 36.9 Å². The Morgan fingerprint density at radius 2 is 1.74 bits per heavy atom. The van der Waals surface area contributed by atoms with Gasteiger partial charge in [-0.1, -0.05) is 45.4 Å². The smallest absolute Gasteiger partial charge is 0.243 e. The number of nitrogens with one attached hydrogen (secondary N) is 7. The normalized spacial score (nSPS) is 26.5. The first-order chi connectivity index (χ1) is 25.2. The maximum Gasteiger partial charge on any atom is 0.243 e. The Bertz CT molecular complexity index is 1590. The highest BCUT2D eigenvalue weighted by atomic mass is 32.2. The molecule has 294 valence electrons. The number of nitrogens with zero attached hydrogens (tertiary/aromatic N) is 1. The second kappa shape index (κ2) is 19.5. The second-order valence-electron chi connectivity index (χ2n) is 14.4. The fraction of sp³-hybridized carbons (Fsp3) is 0.639. The van der Waals surface area contributed by atoms with Crippen molar-refractivity contribution in [2.24, 2.45) is 11.8 Å². The highest BCUT2D eigenvalue weighted by molar-refractivity contribution is 7.99. The van der Waals surface area contributed by atoms with E-state index >= 15 is 0 Å². The molecule has 2 aromatic rings. The topological polar surface area (TPSA) is 237 Å². The van der Waals surface area contributed by atoms with Crippen molar-refractivity contribution in [2.75, 3.05) is 45.6 Å². The molecule has 2 aliphatic rings. The van der Waals surface area contributed by atoms with Crippen LogP contribution in [0.15, 0.2) is 29.3 Å². The van der Waals surface area contributed by atoms with E-state index in [4.69, 9.17) is 0 Å². The highest BCUT2D eigenvalue weighted by Crippen LogP contribution is 2.31. The van der Waals surface area contributed by atoms with E-state index in [2.05, 4.69) is 36.9 Å². The largest absolute Gasteiger partial charge is 0.394 e. The standard InChI is InChI=1S/C36H56N8O8S/c1-6-19(2)31-34(51)39-14-29(48)40-20(3)18-53-36-25(24-9-7-8-10-26(24)42-36)12-27(33(50)38-15-30(49)43-31)41-35(52)32(21(4)28(47)17-45)37-13-22-11-23(46)16-44(22)5/h7-10,19-23,27-28,31-32,37,42,45-47H,6,11-18H2,1-5H3,(H,38,50)(H,39,51)(H,40,48)(H,41,52)(H,43,49). The Balaban J connectivity index is 1.67. The molecule has 9 atom stereocenters. The number of aromatic nitrogens is 1. The first-order valence-electron chi connectivity index (χ1n) is 18.3. The fourth-order valence-electron chi connectivity index (χ4n) is 6.70. The van der Waals surface area contributed by atoms with Crippen LogP contribution in [-0.4, -0.2) is 143 Å². The lowest BCUT2D eigenvalue weighted by molar-refractivity contribution is -0.133. The van der Waals surface area contributed by atoms with E-state index < -0.39 is 73.0 Å². The summed E-state index contributed by atoms with van der Waals surface area (Å²) in [6, 6.07) is 3.95. The van der Waals surface area contributed by atoms with Gasteiger partial charge in [0.25, 0.3) is 0 Å². The van der Waals surface area contributed by atoms with Gasteiger partial charge in [0.2, 0.25) is 29.5 Å². The number of carbonyl (C=O) groups excluding carboxylic acids is 5. The first kappa shape index (κ1) is 42.0. The van der Waals surface area contributed by atoms with Gasteiger partial charge in [0.05, 0.1) is 43.0 Å². The van der Waals surface area contributed by atoms with Crippen molar-refractivity contribution < 1.29 is 39.3 Å². The summed E-state index contributed by atoms with van der Waals surface area (Å²) < 4.78 is 0. The minimum Gasteiger partial charge on any atom is -0.394 e. The van der Waals surface area contributed by atoms with Gasteiger partial charge in [-0.15, -0.1) is 11.8 Å². The van der Waals surface area contributed by atoms with Crippen molar-refractivity contribution in [1.29, 1.82) is 0 Å². The van der Waals surface area contributed by atoms with Crippen LogP contribution in [0.5, 0.6) is 0 Å². The number of rotatable bonds is 10. The zero-order valence-electron chi connectivity index (χ0n) is 31.1. The van der Waals surface area contributed by atoms with E-state index in [1.807, 2.05) is 50.1 Å². The molecule has 1 aromatic carbocycles. The molecule has 0 aliphatic carbocycles. The summed E-state index contributed by atoms with van der Waals surface area (Å²) in [5.41, 5.74) is 1.55. The van der Waals surface area contributed by atoms with Gasteiger partial charge in [-0.25, -0.2) is 0 Å². The molecule has 0 saturated carbocycles. The molecule has 2 aliphatic heterocycles. The molecule has 5 amide bonds.